The Morgan fingerprint density at radius 2 is 1.93 bits per heavy atom. The number of benzene rings is 1. The molecular formula is C19H24N3O5S2-. The van der Waals surface area contributed by atoms with E-state index in [4.69, 9.17) is 4.74 Å². The van der Waals surface area contributed by atoms with Crippen LogP contribution in [0, 0.1) is 5.41 Å². The average Bonchev–Trinajstić information content (AvgIpc) is 3.12. The third-order valence-corrected chi connectivity index (χ3v) is 5.25. The zero-order valence-corrected chi connectivity index (χ0v) is 18.3. The van der Waals surface area contributed by atoms with Crippen LogP contribution >= 0.6 is 11.3 Å². The summed E-state index contributed by atoms with van der Waals surface area (Å²) in [6.07, 6.45) is 0.429. The molecule has 1 aromatic carbocycles. The lowest BCUT2D eigenvalue weighted by Gasteiger charge is -2.23. The van der Waals surface area contributed by atoms with Crippen LogP contribution < -0.4 is 10.0 Å². The van der Waals surface area contributed by atoms with Crippen LogP contribution in [-0.4, -0.2) is 32.2 Å². The zero-order valence-electron chi connectivity index (χ0n) is 16.7. The molecule has 0 saturated heterocycles. The lowest BCUT2D eigenvalue weighted by molar-refractivity contribution is -0.129. The van der Waals surface area contributed by atoms with Gasteiger partial charge in [0, 0.05) is 27.7 Å². The SMILES string of the molecule is CCOC(=O)c1csc([C@H](Cc2ccc(NS(=O)[O-])cc2)NC(=O)C(C)(C)C)n1. The largest absolute Gasteiger partial charge is 0.755 e. The summed E-state index contributed by atoms with van der Waals surface area (Å²) < 4.78 is 28.7. The highest BCUT2D eigenvalue weighted by molar-refractivity contribution is 7.80. The third-order valence-electron chi connectivity index (χ3n) is 3.89. The van der Waals surface area contributed by atoms with Crippen molar-refractivity contribution in [3.63, 3.8) is 0 Å². The smallest absolute Gasteiger partial charge is 0.357 e. The number of ether oxygens (including phenoxy) is 1. The number of aromatic nitrogens is 1. The molecule has 2 atom stereocenters. The van der Waals surface area contributed by atoms with E-state index in [1.165, 1.54) is 11.3 Å². The van der Waals surface area contributed by atoms with Crippen LogP contribution in [-0.2, 0) is 27.2 Å². The molecule has 1 heterocycles. The molecule has 10 heteroatoms. The van der Waals surface area contributed by atoms with Gasteiger partial charge in [0.15, 0.2) is 5.69 Å². The number of carbonyl (C=O) groups excluding carboxylic acids is 2. The highest BCUT2D eigenvalue weighted by atomic mass is 32.2. The van der Waals surface area contributed by atoms with Crippen LogP contribution in [0.3, 0.4) is 0 Å². The van der Waals surface area contributed by atoms with Gasteiger partial charge in [-0.2, -0.15) is 0 Å². The molecule has 1 unspecified atom stereocenters. The Bertz CT molecular complexity index is 875. The molecule has 2 rings (SSSR count). The second-order valence-electron chi connectivity index (χ2n) is 7.31. The van der Waals surface area contributed by atoms with Gasteiger partial charge in [-0.25, -0.2) is 9.78 Å². The van der Waals surface area contributed by atoms with Gasteiger partial charge in [-0.05, 0) is 31.0 Å². The van der Waals surface area contributed by atoms with Crippen LogP contribution in [0.25, 0.3) is 0 Å². The van der Waals surface area contributed by atoms with Crippen molar-refractivity contribution in [1.82, 2.24) is 10.3 Å². The topological polar surface area (TPSA) is 120 Å². The molecular weight excluding hydrogens is 414 g/mol. The molecule has 0 spiro atoms. The summed E-state index contributed by atoms with van der Waals surface area (Å²) in [5, 5.41) is 5.20. The predicted molar refractivity (Wildman–Crippen MR) is 111 cm³/mol. The second kappa shape index (κ2) is 9.95. The Morgan fingerprint density at radius 1 is 1.28 bits per heavy atom. The van der Waals surface area contributed by atoms with Crippen LogP contribution in [0.15, 0.2) is 29.6 Å². The van der Waals surface area contributed by atoms with E-state index in [0.29, 0.717) is 17.1 Å². The zero-order chi connectivity index (χ0) is 21.6. The Morgan fingerprint density at radius 3 is 2.48 bits per heavy atom. The lowest BCUT2D eigenvalue weighted by atomic mass is 9.94. The normalized spacial score (nSPS) is 13.4. The molecule has 1 aromatic heterocycles. The van der Waals surface area contributed by atoms with Crippen LogP contribution in [0.2, 0.25) is 0 Å². The predicted octanol–water partition coefficient (Wildman–Crippen LogP) is 2.97. The maximum Gasteiger partial charge on any atom is 0.357 e. The van der Waals surface area contributed by atoms with Gasteiger partial charge in [-0.15, -0.1) is 11.3 Å². The van der Waals surface area contributed by atoms with Gasteiger partial charge in [0.25, 0.3) is 0 Å². The quantitative estimate of drug-likeness (QED) is 0.483. The van der Waals surface area contributed by atoms with Crippen molar-refractivity contribution in [2.75, 3.05) is 11.3 Å². The lowest BCUT2D eigenvalue weighted by Crippen LogP contribution is -2.38. The van der Waals surface area contributed by atoms with Crippen molar-refractivity contribution in [3.8, 4) is 0 Å². The number of esters is 1. The molecule has 0 aliphatic carbocycles. The van der Waals surface area contributed by atoms with Crippen molar-refractivity contribution in [3.05, 3.63) is 45.9 Å². The van der Waals surface area contributed by atoms with Gasteiger partial charge in [0.1, 0.15) is 5.01 Å². The first-order chi connectivity index (χ1) is 13.6. The number of hydrogen-bond acceptors (Lipinski definition) is 7. The van der Waals surface area contributed by atoms with E-state index < -0.39 is 28.7 Å². The summed E-state index contributed by atoms with van der Waals surface area (Å²) in [5.41, 5.74) is 0.931. The monoisotopic (exact) mass is 438 g/mol. The molecule has 8 nitrogen and oxygen atoms in total. The molecule has 29 heavy (non-hydrogen) atoms. The maximum absolute atomic E-state index is 12.6. The summed E-state index contributed by atoms with van der Waals surface area (Å²) in [7, 11) is 0. The van der Waals surface area contributed by atoms with E-state index in [9.17, 15) is 18.4 Å². The summed E-state index contributed by atoms with van der Waals surface area (Å²) in [6, 6.07) is 6.37. The van der Waals surface area contributed by atoms with Crippen molar-refractivity contribution in [2.24, 2.45) is 5.41 Å². The second-order valence-corrected chi connectivity index (χ2v) is 8.87. The first kappa shape index (κ1) is 23.0. The van der Waals surface area contributed by atoms with E-state index >= 15 is 0 Å². The number of anilines is 1. The first-order valence-electron chi connectivity index (χ1n) is 8.98. The molecule has 0 radical (unpaired) electrons. The molecule has 2 aromatic rings. The number of carbonyl (C=O) groups is 2. The standard InChI is InChI=1S/C19H25N3O5S2/c1-5-27-17(23)15-11-28-16(20-15)14(21-18(24)19(2,3)4)10-12-6-8-13(9-7-12)22-29(25)26/h6-9,11,14,22H,5,10H2,1-4H3,(H,21,24)(H,25,26)/p-1/t14-/m0/s1. The van der Waals surface area contributed by atoms with Crippen molar-refractivity contribution < 1.29 is 23.1 Å². The minimum absolute atomic E-state index is 0.143. The summed E-state index contributed by atoms with van der Waals surface area (Å²) in [5.74, 6) is -0.646. The van der Waals surface area contributed by atoms with Gasteiger partial charge < -0.3 is 19.3 Å². The average molecular weight is 439 g/mol. The van der Waals surface area contributed by atoms with Crippen molar-refractivity contribution in [1.29, 1.82) is 0 Å². The number of nitrogens with zero attached hydrogens (tertiary/aromatic N) is 1. The first-order valence-corrected chi connectivity index (χ1v) is 10.9. The van der Waals surface area contributed by atoms with Gasteiger partial charge in [0.2, 0.25) is 5.91 Å². The third kappa shape index (κ3) is 6.91. The van der Waals surface area contributed by atoms with Gasteiger partial charge >= 0.3 is 5.97 Å². The highest BCUT2D eigenvalue weighted by Gasteiger charge is 2.27. The summed E-state index contributed by atoms with van der Waals surface area (Å²) >= 11 is -1.12. The summed E-state index contributed by atoms with van der Waals surface area (Å²) in [6.45, 7) is 7.42. The minimum atomic E-state index is -2.39. The fourth-order valence-corrected chi connectivity index (χ4v) is 3.53. The number of amides is 1. The fourth-order valence-electron chi connectivity index (χ4n) is 2.36. The Balaban J connectivity index is 2.24. The highest BCUT2D eigenvalue weighted by Crippen LogP contribution is 2.25. The van der Waals surface area contributed by atoms with Crippen molar-refractivity contribution >= 4 is 40.2 Å². The molecule has 2 N–H and O–H groups in total. The van der Waals surface area contributed by atoms with Crippen LogP contribution in [0.1, 0.15) is 54.8 Å². The van der Waals surface area contributed by atoms with E-state index in [1.54, 1.807) is 36.6 Å². The molecule has 0 aliphatic rings. The summed E-state index contributed by atoms with van der Waals surface area (Å²) in [4.78, 5) is 28.8. The van der Waals surface area contributed by atoms with Crippen LogP contribution in [0.4, 0.5) is 5.69 Å². The number of rotatable bonds is 8. The van der Waals surface area contributed by atoms with Gasteiger partial charge in [-0.3, -0.25) is 9.00 Å². The Labute approximate surface area is 176 Å². The van der Waals surface area contributed by atoms with E-state index in [-0.39, 0.29) is 18.2 Å². The van der Waals surface area contributed by atoms with E-state index in [1.807, 2.05) is 20.8 Å². The van der Waals surface area contributed by atoms with Gasteiger partial charge in [0.05, 0.1) is 12.6 Å². The Kier molecular flexibility index (Phi) is 7.88. The number of hydrogen-bond donors (Lipinski definition) is 2. The maximum atomic E-state index is 12.6. The van der Waals surface area contributed by atoms with E-state index in [2.05, 4.69) is 15.0 Å². The molecule has 0 fully saturated rings. The number of nitrogens with one attached hydrogen (secondary N) is 2. The minimum Gasteiger partial charge on any atom is -0.755 e. The molecule has 0 saturated carbocycles. The number of thiazole rings is 1. The molecule has 158 valence electrons. The Hall–Kier alpha value is -2.30. The van der Waals surface area contributed by atoms with E-state index in [0.717, 1.165) is 5.56 Å². The van der Waals surface area contributed by atoms with Crippen molar-refractivity contribution in [2.45, 2.75) is 40.2 Å². The molecule has 0 aliphatic heterocycles. The van der Waals surface area contributed by atoms with Gasteiger partial charge in [-0.1, -0.05) is 32.9 Å². The van der Waals surface area contributed by atoms with Crippen LogP contribution in [0.5, 0.6) is 0 Å². The molecule has 1 amide bonds. The fraction of sp³-hybridized carbons (Fsp3) is 0.421. The molecule has 0 bridgehead atoms.